The fraction of sp³-hybridized carbons (Fsp3) is 0.412. The Morgan fingerprint density at radius 3 is 2.83 bits per heavy atom. The second-order valence-electron chi connectivity index (χ2n) is 5.81. The smallest absolute Gasteiger partial charge is 0.293 e. The van der Waals surface area contributed by atoms with Crippen LogP contribution in [0, 0.1) is 0 Å². The second-order valence-corrected chi connectivity index (χ2v) is 6.18. The Kier molecular flexibility index (Phi) is 4.98. The Morgan fingerprint density at radius 1 is 1.30 bits per heavy atom. The van der Waals surface area contributed by atoms with Crippen LogP contribution in [-0.2, 0) is 16.0 Å². The highest BCUT2D eigenvalue weighted by Gasteiger charge is 2.15. The van der Waals surface area contributed by atoms with E-state index in [0.717, 1.165) is 42.6 Å². The number of fused-ring (bicyclic) bond motifs is 1. The molecule has 122 valence electrons. The molecule has 0 aliphatic carbocycles. The van der Waals surface area contributed by atoms with E-state index in [0.29, 0.717) is 24.5 Å². The first-order valence-corrected chi connectivity index (χ1v) is 8.12. The van der Waals surface area contributed by atoms with Gasteiger partial charge in [-0.15, -0.1) is 0 Å². The monoisotopic (exact) mass is 333 g/mol. The highest BCUT2D eigenvalue weighted by molar-refractivity contribution is 6.36. The van der Waals surface area contributed by atoms with Gasteiger partial charge in [-0.1, -0.05) is 11.6 Å². The van der Waals surface area contributed by atoms with Crippen LogP contribution >= 0.6 is 11.6 Å². The van der Waals surface area contributed by atoms with Gasteiger partial charge >= 0.3 is 0 Å². The van der Waals surface area contributed by atoms with E-state index in [1.807, 2.05) is 6.07 Å². The van der Waals surface area contributed by atoms with Gasteiger partial charge in [0.2, 0.25) is 0 Å². The highest BCUT2D eigenvalue weighted by Crippen LogP contribution is 2.30. The van der Waals surface area contributed by atoms with Crippen LogP contribution < -0.4 is 4.90 Å². The minimum absolute atomic E-state index is 0.314. The van der Waals surface area contributed by atoms with Gasteiger partial charge < -0.3 is 14.5 Å². The molecular weight excluding hydrogens is 314 g/mol. The summed E-state index contributed by atoms with van der Waals surface area (Å²) in [7, 11) is 2.15. The van der Waals surface area contributed by atoms with Crippen molar-refractivity contribution < 1.29 is 9.53 Å². The standard InChI is InChI=1S/C17H20ClN3O2/c1-20-5-7-21(8-6-20)14-2-3-16-15(10-14)17(18)13(11-19-16)4-9-23-12-22/h2-3,10-12H,4-9H2,1H3. The quantitative estimate of drug-likeness (QED) is 0.621. The summed E-state index contributed by atoms with van der Waals surface area (Å²) in [6.07, 6.45) is 2.33. The number of pyridine rings is 1. The van der Waals surface area contributed by atoms with Crippen LogP contribution in [0.5, 0.6) is 0 Å². The number of nitrogens with zero attached hydrogens (tertiary/aromatic N) is 3. The van der Waals surface area contributed by atoms with Crippen molar-refractivity contribution >= 4 is 34.7 Å². The molecule has 0 amide bonds. The Morgan fingerprint density at radius 2 is 2.09 bits per heavy atom. The number of hydrogen-bond acceptors (Lipinski definition) is 5. The number of carbonyl (C=O) groups excluding carboxylic acids is 1. The number of rotatable bonds is 5. The second kappa shape index (κ2) is 7.15. The van der Waals surface area contributed by atoms with Gasteiger partial charge in [0.15, 0.2) is 0 Å². The minimum Gasteiger partial charge on any atom is -0.468 e. The van der Waals surface area contributed by atoms with Crippen LogP contribution in [0.25, 0.3) is 10.9 Å². The van der Waals surface area contributed by atoms with Crippen molar-refractivity contribution in [1.82, 2.24) is 9.88 Å². The van der Waals surface area contributed by atoms with Crippen LogP contribution in [0.3, 0.4) is 0 Å². The molecule has 0 spiro atoms. The molecule has 0 saturated carbocycles. The Labute approximate surface area is 140 Å². The zero-order valence-corrected chi connectivity index (χ0v) is 13.9. The third-order valence-corrected chi connectivity index (χ3v) is 4.73. The summed E-state index contributed by atoms with van der Waals surface area (Å²) in [5.74, 6) is 0. The third-order valence-electron chi connectivity index (χ3n) is 4.28. The fourth-order valence-electron chi connectivity index (χ4n) is 2.84. The molecule has 1 aliphatic heterocycles. The van der Waals surface area contributed by atoms with E-state index in [1.165, 1.54) is 5.69 Å². The van der Waals surface area contributed by atoms with Gasteiger partial charge in [0.05, 0.1) is 17.1 Å². The van der Waals surface area contributed by atoms with E-state index in [1.54, 1.807) is 6.20 Å². The van der Waals surface area contributed by atoms with Crippen LogP contribution in [-0.4, -0.2) is 56.2 Å². The Hall–Kier alpha value is -1.85. The van der Waals surface area contributed by atoms with E-state index in [2.05, 4.69) is 34.0 Å². The van der Waals surface area contributed by atoms with Crippen LogP contribution in [0.4, 0.5) is 5.69 Å². The van der Waals surface area contributed by atoms with Crippen molar-refractivity contribution in [2.45, 2.75) is 6.42 Å². The van der Waals surface area contributed by atoms with Gasteiger partial charge in [0, 0.05) is 49.9 Å². The molecule has 1 fully saturated rings. The molecule has 0 N–H and O–H groups in total. The number of carbonyl (C=O) groups is 1. The average molecular weight is 334 g/mol. The van der Waals surface area contributed by atoms with Crippen molar-refractivity contribution in [2.75, 3.05) is 44.7 Å². The molecule has 1 aromatic carbocycles. The Bertz CT molecular complexity index is 700. The van der Waals surface area contributed by atoms with Crippen molar-refractivity contribution in [1.29, 1.82) is 0 Å². The molecule has 0 unspecified atom stereocenters. The van der Waals surface area contributed by atoms with E-state index >= 15 is 0 Å². The van der Waals surface area contributed by atoms with Crippen LogP contribution in [0.2, 0.25) is 5.02 Å². The molecular formula is C17H20ClN3O2. The molecule has 1 aliphatic rings. The van der Waals surface area contributed by atoms with Gasteiger partial charge in [-0.2, -0.15) is 0 Å². The van der Waals surface area contributed by atoms with Crippen LogP contribution in [0.15, 0.2) is 24.4 Å². The van der Waals surface area contributed by atoms with E-state index in [9.17, 15) is 4.79 Å². The first-order valence-electron chi connectivity index (χ1n) is 7.75. The lowest BCUT2D eigenvalue weighted by atomic mass is 10.1. The summed E-state index contributed by atoms with van der Waals surface area (Å²) in [6.45, 7) is 4.92. The summed E-state index contributed by atoms with van der Waals surface area (Å²) in [4.78, 5) is 19.4. The average Bonchev–Trinajstić information content (AvgIpc) is 2.58. The molecule has 0 radical (unpaired) electrons. The van der Waals surface area contributed by atoms with Gasteiger partial charge in [-0.25, -0.2) is 0 Å². The highest BCUT2D eigenvalue weighted by atomic mass is 35.5. The fourth-order valence-corrected chi connectivity index (χ4v) is 3.14. The lowest BCUT2D eigenvalue weighted by Gasteiger charge is -2.34. The maximum absolute atomic E-state index is 10.3. The van der Waals surface area contributed by atoms with Gasteiger partial charge in [-0.3, -0.25) is 9.78 Å². The molecule has 2 aromatic rings. The summed E-state index contributed by atoms with van der Waals surface area (Å²) >= 11 is 6.54. The maximum Gasteiger partial charge on any atom is 0.293 e. The first-order chi connectivity index (χ1) is 11.2. The largest absolute Gasteiger partial charge is 0.468 e. The first kappa shape index (κ1) is 16.0. The number of likely N-dealkylation sites (N-methyl/N-ethyl adjacent to an activating group) is 1. The number of halogens is 1. The minimum atomic E-state index is 0.314. The van der Waals surface area contributed by atoms with Crippen molar-refractivity contribution in [3.8, 4) is 0 Å². The molecule has 3 rings (SSSR count). The third kappa shape index (κ3) is 3.57. The number of anilines is 1. The predicted octanol–water partition coefficient (Wildman–Crippen LogP) is 2.36. The molecule has 0 bridgehead atoms. The summed E-state index contributed by atoms with van der Waals surface area (Å²) in [5, 5.41) is 1.65. The zero-order valence-electron chi connectivity index (χ0n) is 13.2. The molecule has 6 heteroatoms. The summed E-state index contributed by atoms with van der Waals surface area (Å²) in [5.41, 5.74) is 2.96. The number of aromatic nitrogens is 1. The van der Waals surface area contributed by atoms with Gasteiger partial charge in [-0.05, 0) is 30.8 Å². The predicted molar refractivity (Wildman–Crippen MR) is 92.2 cm³/mol. The molecule has 1 aromatic heterocycles. The van der Waals surface area contributed by atoms with Crippen molar-refractivity contribution in [3.63, 3.8) is 0 Å². The van der Waals surface area contributed by atoms with Crippen LogP contribution in [0.1, 0.15) is 5.56 Å². The maximum atomic E-state index is 10.3. The van der Waals surface area contributed by atoms with Crippen molar-refractivity contribution in [3.05, 3.63) is 35.0 Å². The molecule has 0 atom stereocenters. The topological polar surface area (TPSA) is 45.7 Å². The lowest BCUT2D eigenvalue weighted by molar-refractivity contribution is -0.128. The summed E-state index contributed by atoms with van der Waals surface area (Å²) < 4.78 is 4.75. The van der Waals surface area contributed by atoms with E-state index in [-0.39, 0.29) is 0 Å². The number of ether oxygens (including phenoxy) is 1. The number of hydrogen-bond donors (Lipinski definition) is 0. The number of benzene rings is 1. The molecule has 2 heterocycles. The van der Waals surface area contributed by atoms with Crippen molar-refractivity contribution in [2.24, 2.45) is 0 Å². The zero-order chi connectivity index (χ0) is 16.2. The Balaban J connectivity index is 1.87. The lowest BCUT2D eigenvalue weighted by Crippen LogP contribution is -2.44. The van der Waals surface area contributed by atoms with E-state index in [4.69, 9.17) is 16.3 Å². The molecule has 23 heavy (non-hydrogen) atoms. The molecule has 5 nitrogen and oxygen atoms in total. The normalized spacial score (nSPS) is 15.8. The summed E-state index contributed by atoms with van der Waals surface area (Å²) in [6, 6.07) is 6.23. The van der Waals surface area contributed by atoms with E-state index < -0.39 is 0 Å². The van der Waals surface area contributed by atoms with Gasteiger partial charge in [0.1, 0.15) is 0 Å². The SMILES string of the molecule is CN1CCN(c2ccc3ncc(CCOC=O)c(Cl)c3c2)CC1. The number of piperazine rings is 1. The molecule has 1 saturated heterocycles. The van der Waals surface area contributed by atoms with Gasteiger partial charge in [0.25, 0.3) is 6.47 Å².